The van der Waals surface area contributed by atoms with Gasteiger partial charge in [-0.05, 0) is 6.07 Å². The number of nitrogens with zero attached hydrogens (tertiary/aromatic N) is 2. The molecule has 0 aliphatic rings. The van der Waals surface area contributed by atoms with Crippen molar-refractivity contribution < 1.29 is 18.3 Å². The molecule has 78 valence electrons. The summed E-state index contributed by atoms with van der Waals surface area (Å²) < 4.78 is 29.2. The van der Waals surface area contributed by atoms with Gasteiger partial charge in [0.25, 0.3) is 6.43 Å². The number of alkyl halides is 2. The molecule has 0 bridgehead atoms. The van der Waals surface area contributed by atoms with Crippen molar-refractivity contribution in [1.82, 2.24) is 4.98 Å². The molecular formula is C9H6F2N2O2. The Balaban J connectivity index is 3.23. The number of methoxy groups -OCH3 is 1. The van der Waals surface area contributed by atoms with E-state index in [4.69, 9.17) is 5.26 Å². The van der Waals surface area contributed by atoms with Crippen LogP contribution >= 0.6 is 0 Å². The average molecular weight is 212 g/mol. The molecule has 0 radical (unpaired) electrons. The molecule has 0 N–H and O–H groups in total. The number of esters is 1. The highest BCUT2D eigenvalue weighted by Gasteiger charge is 2.17. The van der Waals surface area contributed by atoms with Crippen LogP contribution in [0.2, 0.25) is 0 Å². The van der Waals surface area contributed by atoms with Gasteiger partial charge in [0.05, 0.1) is 12.7 Å². The van der Waals surface area contributed by atoms with Crippen LogP contribution < -0.4 is 0 Å². The summed E-state index contributed by atoms with van der Waals surface area (Å²) >= 11 is 0. The SMILES string of the molecule is COC(=O)c1cc(C(F)F)c(C#N)cn1. The summed E-state index contributed by atoms with van der Waals surface area (Å²) in [5.41, 5.74) is -1.02. The normalized spacial score (nSPS) is 9.80. The van der Waals surface area contributed by atoms with E-state index in [-0.39, 0.29) is 11.3 Å². The number of carbonyl (C=O) groups excluding carboxylic acids is 1. The highest BCUT2D eigenvalue weighted by atomic mass is 19.3. The number of rotatable bonds is 2. The standard InChI is InChI=1S/C9H6F2N2O2/c1-15-9(14)7-2-6(8(10)11)5(3-12)4-13-7/h2,4,8H,1H3. The monoisotopic (exact) mass is 212 g/mol. The van der Waals surface area contributed by atoms with Crippen molar-refractivity contribution in [2.45, 2.75) is 6.43 Å². The van der Waals surface area contributed by atoms with Gasteiger partial charge in [-0.3, -0.25) is 0 Å². The first-order valence-corrected chi connectivity index (χ1v) is 3.86. The predicted octanol–water partition coefficient (Wildman–Crippen LogP) is 1.68. The molecule has 1 rings (SSSR count). The number of halogens is 2. The van der Waals surface area contributed by atoms with Crippen LogP contribution in [0.25, 0.3) is 0 Å². The smallest absolute Gasteiger partial charge is 0.356 e. The molecule has 0 spiro atoms. The van der Waals surface area contributed by atoms with Crippen LogP contribution in [0.1, 0.15) is 28.0 Å². The highest BCUT2D eigenvalue weighted by molar-refractivity contribution is 5.87. The molecule has 1 aromatic rings. The van der Waals surface area contributed by atoms with E-state index in [0.717, 1.165) is 19.4 Å². The summed E-state index contributed by atoms with van der Waals surface area (Å²) in [6.45, 7) is 0. The van der Waals surface area contributed by atoms with Crippen LogP contribution in [0.3, 0.4) is 0 Å². The van der Waals surface area contributed by atoms with Crippen molar-refractivity contribution >= 4 is 5.97 Å². The van der Waals surface area contributed by atoms with Gasteiger partial charge in [-0.15, -0.1) is 0 Å². The zero-order chi connectivity index (χ0) is 11.4. The molecule has 0 amide bonds. The Hall–Kier alpha value is -2.03. The van der Waals surface area contributed by atoms with Gasteiger partial charge in [0, 0.05) is 11.8 Å². The highest BCUT2D eigenvalue weighted by Crippen LogP contribution is 2.22. The number of nitriles is 1. The molecule has 4 nitrogen and oxygen atoms in total. The maximum absolute atomic E-state index is 12.4. The molecular weight excluding hydrogens is 206 g/mol. The zero-order valence-electron chi connectivity index (χ0n) is 7.70. The summed E-state index contributed by atoms with van der Waals surface area (Å²) in [6, 6.07) is 2.42. The number of carbonyl (C=O) groups is 1. The van der Waals surface area contributed by atoms with E-state index in [2.05, 4.69) is 9.72 Å². The lowest BCUT2D eigenvalue weighted by Crippen LogP contribution is -2.06. The van der Waals surface area contributed by atoms with E-state index >= 15 is 0 Å². The minimum atomic E-state index is -2.83. The van der Waals surface area contributed by atoms with Crippen molar-refractivity contribution in [1.29, 1.82) is 5.26 Å². The Morgan fingerprint density at radius 3 is 2.80 bits per heavy atom. The van der Waals surface area contributed by atoms with Gasteiger partial charge in [0.2, 0.25) is 0 Å². The van der Waals surface area contributed by atoms with Gasteiger partial charge < -0.3 is 4.74 Å². The van der Waals surface area contributed by atoms with Gasteiger partial charge in [-0.1, -0.05) is 0 Å². The largest absolute Gasteiger partial charge is 0.464 e. The summed E-state index contributed by atoms with van der Waals surface area (Å²) in [7, 11) is 1.12. The van der Waals surface area contributed by atoms with Crippen molar-refractivity contribution in [3.63, 3.8) is 0 Å². The van der Waals surface area contributed by atoms with Crippen molar-refractivity contribution in [2.24, 2.45) is 0 Å². The molecule has 6 heteroatoms. The van der Waals surface area contributed by atoms with E-state index in [1.807, 2.05) is 0 Å². The number of aromatic nitrogens is 1. The average Bonchev–Trinajstić information content (AvgIpc) is 2.27. The first kappa shape index (κ1) is 11.0. The molecule has 0 saturated heterocycles. The topological polar surface area (TPSA) is 63.0 Å². The number of hydrogen-bond donors (Lipinski definition) is 0. The maximum Gasteiger partial charge on any atom is 0.356 e. The van der Waals surface area contributed by atoms with Crippen LogP contribution in [0.15, 0.2) is 12.3 Å². The first-order valence-electron chi connectivity index (χ1n) is 3.86. The number of pyridine rings is 1. The lowest BCUT2D eigenvalue weighted by molar-refractivity contribution is 0.0593. The number of hydrogen-bond acceptors (Lipinski definition) is 4. The molecule has 0 fully saturated rings. The third kappa shape index (κ3) is 2.26. The Kier molecular flexibility index (Phi) is 3.29. The van der Waals surface area contributed by atoms with Gasteiger partial charge in [-0.2, -0.15) is 5.26 Å². The van der Waals surface area contributed by atoms with Crippen LogP contribution in [-0.4, -0.2) is 18.1 Å². The van der Waals surface area contributed by atoms with Gasteiger partial charge >= 0.3 is 5.97 Å². The fourth-order valence-corrected chi connectivity index (χ4v) is 0.961. The second-order valence-corrected chi connectivity index (χ2v) is 2.56. The van der Waals surface area contributed by atoms with Crippen LogP contribution in [0.4, 0.5) is 8.78 Å². The summed E-state index contributed by atoms with van der Waals surface area (Å²) in [6.07, 6.45) is -1.90. The molecule has 0 atom stereocenters. The molecule has 0 aromatic carbocycles. The molecule has 0 aliphatic carbocycles. The lowest BCUT2D eigenvalue weighted by atomic mass is 10.1. The summed E-state index contributed by atoms with van der Waals surface area (Å²) in [5, 5.41) is 8.51. The Labute approximate surface area is 84.1 Å². The Morgan fingerprint density at radius 1 is 1.67 bits per heavy atom. The van der Waals surface area contributed by atoms with Gasteiger partial charge in [0.1, 0.15) is 11.8 Å². The van der Waals surface area contributed by atoms with E-state index in [9.17, 15) is 13.6 Å². The molecule has 0 aliphatic heterocycles. The molecule has 0 unspecified atom stereocenters. The van der Waals surface area contributed by atoms with Crippen LogP contribution in [-0.2, 0) is 4.74 Å². The Bertz CT molecular complexity index is 427. The van der Waals surface area contributed by atoms with E-state index in [0.29, 0.717) is 0 Å². The van der Waals surface area contributed by atoms with Crippen molar-refractivity contribution in [2.75, 3.05) is 7.11 Å². The quantitative estimate of drug-likeness (QED) is 0.699. The van der Waals surface area contributed by atoms with E-state index in [1.165, 1.54) is 0 Å². The maximum atomic E-state index is 12.4. The van der Waals surface area contributed by atoms with Crippen LogP contribution in [0.5, 0.6) is 0 Å². The minimum Gasteiger partial charge on any atom is -0.464 e. The number of ether oxygens (including phenoxy) is 1. The lowest BCUT2D eigenvalue weighted by Gasteiger charge is -2.04. The van der Waals surface area contributed by atoms with E-state index < -0.39 is 18.0 Å². The minimum absolute atomic E-state index is 0.244. The van der Waals surface area contributed by atoms with E-state index in [1.54, 1.807) is 6.07 Å². The zero-order valence-corrected chi connectivity index (χ0v) is 7.70. The fraction of sp³-hybridized carbons (Fsp3) is 0.222. The fourth-order valence-electron chi connectivity index (χ4n) is 0.961. The molecule has 15 heavy (non-hydrogen) atoms. The Morgan fingerprint density at radius 2 is 2.33 bits per heavy atom. The molecule has 1 aromatic heterocycles. The second-order valence-electron chi connectivity index (χ2n) is 2.56. The third-order valence-electron chi connectivity index (χ3n) is 1.69. The third-order valence-corrected chi connectivity index (χ3v) is 1.69. The van der Waals surface area contributed by atoms with Crippen molar-refractivity contribution in [3.8, 4) is 6.07 Å². The van der Waals surface area contributed by atoms with Gasteiger partial charge in [0.15, 0.2) is 0 Å². The summed E-state index contributed by atoms with van der Waals surface area (Å²) in [5.74, 6) is -0.818. The first-order chi connectivity index (χ1) is 7.10. The van der Waals surface area contributed by atoms with Gasteiger partial charge in [-0.25, -0.2) is 18.6 Å². The molecule has 1 heterocycles. The molecule has 0 saturated carbocycles. The summed E-state index contributed by atoms with van der Waals surface area (Å²) in [4.78, 5) is 14.5. The van der Waals surface area contributed by atoms with Crippen LogP contribution in [0, 0.1) is 11.3 Å². The predicted molar refractivity (Wildman–Crippen MR) is 45.2 cm³/mol. The second kappa shape index (κ2) is 4.46. The van der Waals surface area contributed by atoms with Crippen molar-refractivity contribution in [3.05, 3.63) is 29.1 Å².